The highest BCUT2D eigenvalue weighted by molar-refractivity contribution is 6.35. The topological polar surface area (TPSA) is 61.4 Å². The van der Waals surface area contributed by atoms with E-state index in [-0.39, 0.29) is 40.1 Å². The second-order valence-electron chi connectivity index (χ2n) is 8.81. The maximum atomic E-state index is 12.6. The summed E-state index contributed by atoms with van der Waals surface area (Å²) < 4.78 is 0. The Labute approximate surface area is 180 Å². The Bertz CT molecular complexity index is 1010. The number of benzene rings is 2. The van der Waals surface area contributed by atoms with E-state index in [2.05, 4.69) is 22.8 Å². The second kappa shape index (κ2) is 7.26. The number of carbonyl (C=O) groups is 1. The molecule has 2 aliphatic rings. The van der Waals surface area contributed by atoms with E-state index < -0.39 is 0 Å². The van der Waals surface area contributed by atoms with E-state index >= 15 is 0 Å². The Morgan fingerprint density at radius 2 is 1.93 bits per heavy atom. The molecular formula is C23H24Cl2N2O2. The molecule has 0 spiro atoms. The number of phenolic OH excluding ortho intramolecular Hbond substituents is 1. The predicted octanol–water partition coefficient (Wildman–Crippen LogP) is 6.05. The third-order valence-electron chi connectivity index (χ3n) is 5.51. The lowest BCUT2D eigenvalue weighted by atomic mass is 9.76. The summed E-state index contributed by atoms with van der Waals surface area (Å²) in [6.07, 6.45) is 5.21. The number of rotatable bonds is 2. The smallest absolute Gasteiger partial charge is 0.251 e. The fourth-order valence-corrected chi connectivity index (χ4v) is 4.79. The van der Waals surface area contributed by atoms with Crippen molar-refractivity contribution >= 4 is 34.8 Å². The number of phenols is 1. The van der Waals surface area contributed by atoms with E-state index in [4.69, 9.17) is 23.2 Å². The van der Waals surface area contributed by atoms with Crippen LogP contribution >= 0.6 is 23.2 Å². The number of amides is 1. The number of nitrogens with one attached hydrogen (secondary N) is 2. The highest BCUT2D eigenvalue weighted by Gasteiger charge is 2.39. The van der Waals surface area contributed by atoms with E-state index in [9.17, 15) is 9.90 Å². The predicted molar refractivity (Wildman–Crippen MR) is 118 cm³/mol. The Morgan fingerprint density at radius 1 is 1.17 bits per heavy atom. The van der Waals surface area contributed by atoms with Gasteiger partial charge in [-0.05, 0) is 69.0 Å². The van der Waals surface area contributed by atoms with Crippen LogP contribution in [0.15, 0.2) is 42.5 Å². The highest BCUT2D eigenvalue weighted by Crippen LogP contribution is 2.52. The van der Waals surface area contributed by atoms with Crippen molar-refractivity contribution in [2.75, 3.05) is 5.32 Å². The molecule has 152 valence electrons. The number of halogens is 2. The summed E-state index contributed by atoms with van der Waals surface area (Å²) in [5.41, 5.74) is 3.09. The first-order chi connectivity index (χ1) is 13.6. The van der Waals surface area contributed by atoms with Crippen LogP contribution in [0.4, 0.5) is 5.69 Å². The largest absolute Gasteiger partial charge is 0.506 e. The summed E-state index contributed by atoms with van der Waals surface area (Å²) in [6, 6.07) is 8.92. The minimum atomic E-state index is -0.296. The Balaban J connectivity index is 1.73. The van der Waals surface area contributed by atoms with Crippen molar-refractivity contribution in [3.63, 3.8) is 0 Å². The van der Waals surface area contributed by atoms with Crippen LogP contribution < -0.4 is 10.6 Å². The normalized spacial score (nSPS) is 22.6. The average molecular weight is 431 g/mol. The van der Waals surface area contributed by atoms with E-state index in [1.807, 2.05) is 39.0 Å². The van der Waals surface area contributed by atoms with Gasteiger partial charge in [0, 0.05) is 33.3 Å². The molecule has 1 aliphatic heterocycles. The summed E-state index contributed by atoms with van der Waals surface area (Å²) in [6.45, 7) is 5.90. The van der Waals surface area contributed by atoms with Crippen LogP contribution in [0.1, 0.15) is 60.6 Å². The Morgan fingerprint density at radius 3 is 2.66 bits per heavy atom. The van der Waals surface area contributed by atoms with Crippen LogP contribution in [0.25, 0.3) is 0 Å². The van der Waals surface area contributed by atoms with Crippen LogP contribution in [0.2, 0.25) is 10.0 Å². The van der Waals surface area contributed by atoms with Gasteiger partial charge in [-0.2, -0.15) is 0 Å². The van der Waals surface area contributed by atoms with Gasteiger partial charge in [0.15, 0.2) is 0 Å². The highest BCUT2D eigenvalue weighted by atomic mass is 35.5. The lowest BCUT2D eigenvalue weighted by molar-refractivity contribution is 0.0919. The zero-order valence-corrected chi connectivity index (χ0v) is 18.1. The zero-order chi connectivity index (χ0) is 20.9. The number of anilines is 1. The van der Waals surface area contributed by atoms with E-state index in [0.717, 1.165) is 17.7 Å². The summed E-state index contributed by atoms with van der Waals surface area (Å²) in [7, 11) is 0. The lowest BCUT2D eigenvalue weighted by Crippen LogP contribution is -2.40. The third-order valence-corrected chi connectivity index (χ3v) is 6.01. The number of hydrogen-bond acceptors (Lipinski definition) is 3. The monoisotopic (exact) mass is 430 g/mol. The van der Waals surface area contributed by atoms with Gasteiger partial charge in [0.05, 0.1) is 11.1 Å². The Hall–Kier alpha value is -2.17. The van der Waals surface area contributed by atoms with Gasteiger partial charge in [-0.3, -0.25) is 4.79 Å². The van der Waals surface area contributed by atoms with Gasteiger partial charge in [0.25, 0.3) is 5.91 Å². The summed E-state index contributed by atoms with van der Waals surface area (Å²) in [5, 5.41) is 17.9. The number of aromatic hydroxyl groups is 1. The zero-order valence-electron chi connectivity index (χ0n) is 16.6. The molecule has 3 atom stereocenters. The van der Waals surface area contributed by atoms with E-state index in [1.165, 1.54) is 0 Å². The maximum absolute atomic E-state index is 12.6. The molecule has 4 rings (SSSR count). The summed E-state index contributed by atoms with van der Waals surface area (Å²) in [4.78, 5) is 12.6. The molecule has 1 amide bonds. The number of fused-ring (bicyclic) bond motifs is 3. The van der Waals surface area contributed by atoms with Crippen molar-refractivity contribution in [2.24, 2.45) is 5.92 Å². The average Bonchev–Trinajstić information content (AvgIpc) is 3.12. The molecule has 2 aromatic rings. The van der Waals surface area contributed by atoms with Gasteiger partial charge in [-0.25, -0.2) is 0 Å². The van der Waals surface area contributed by atoms with Gasteiger partial charge in [-0.15, -0.1) is 0 Å². The SMILES string of the molecule is CC(C)(C)NC(=O)c1ccc2c(c1)C1C=CCC1C(c1cc(Cl)cc(Cl)c1O)N2. The number of carbonyl (C=O) groups excluding carboxylic acids is 1. The quantitative estimate of drug-likeness (QED) is 0.507. The molecule has 4 nitrogen and oxygen atoms in total. The van der Waals surface area contributed by atoms with Gasteiger partial charge < -0.3 is 15.7 Å². The molecule has 0 bridgehead atoms. The minimum Gasteiger partial charge on any atom is -0.506 e. The minimum absolute atomic E-state index is 0.0591. The molecule has 29 heavy (non-hydrogen) atoms. The van der Waals surface area contributed by atoms with Gasteiger partial charge in [-0.1, -0.05) is 35.4 Å². The molecular weight excluding hydrogens is 407 g/mol. The fraction of sp³-hybridized carbons (Fsp3) is 0.348. The second-order valence-corrected chi connectivity index (χ2v) is 9.65. The van der Waals surface area contributed by atoms with E-state index in [0.29, 0.717) is 16.1 Å². The first-order valence-electron chi connectivity index (χ1n) is 9.71. The van der Waals surface area contributed by atoms with Crippen molar-refractivity contribution < 1.29 is 9.90 Å². The molecule has 3 N–H and O–H groups in total. The van der Waals surface area contributed by atoms with Crippen LogP contribution in [-0.2, 0) is 0 Å². The van der Waals surface area contributed by atoms with Crippen LogP contribution in [-0.4, -0.2) is 16.6 Å². The van der Waals surface area contributed by atoms with Crippen molar-refractivity contribution in [3.05, 3.63) is 69.2 Å². The van der Waals surface area contributed by atoms with Crippen molar-refractivity contribution in [1.29, 1.82) is 0 Å². The molecule has 0 saturated heterocycles. The molecule has 0 radical (unpaired) electrons. The molecule has 3 unspecified atom stereocenters. The molecule has 1 aliphatic carbocycles. The first-order valence-corrected chi connectivity index (χ1v) is 10.5. The fourth-order valence-electron chi connectivity index (χ4n) is 4.28. The van der Waals surface area contributed by atoms with Crippen molar-refractivity contribution in [2.45, 2.75) is 44.7 Å². The number of allylic oxidation sites excluding steroid dienone is 2. The molecule has 0 aromatic heterocycles. The molecule has 0 fully saturated rings. The van der Waals surface area contributed by atoms with Gasteiger partial charge in [0.2, 0.25) is 0 Å². The van der Waals surface area contributed by atoms with Crippen LogP contribution in [0.3, 0.4) is 0 Å². The summed E-state index contributed by atoms with van der Waals surface area (Å²) >= 11 is 12.4. The van der Waals surface area contributed by atoms with Crippen LogP contribution in [0.5, 0.6) is 5.75 Å². The van der Waals surface area contributed by atoms with Crippen LogP contribution in [0, 0.1) is 5.92 Å². The first kappa shape index (κ1) is 20.1. The molecule has 0 saturated carbocycles. The van der Waals surface area contributed by atoms with Crippen molar-refractivity contribution in [1.82, 2.24) is 5.32 Å². The van der Waals surface area contributed by atoms with E-state index in [1.54, 1.807) is 12.1 Å². The molecule has 6 heteroatoms. The number of hydrogen-bond donors (Lipinski definition) is 3. The molecule has 2 aromatic carbocycles. The Kier molecular flexibility index (Phi) is 5.04. The van der Waals surface area contributed by atoms with Gasteiger partial charge >= 0.3 is 0 Å². The summed E-state index contributed by atoms with van der Waals surface area (Å²) in [5.74, 6) is 0.323. The maximum Gasteiger partial charge on any atom is 0.251 e. The van der Waals surface area contributed by atoms with Gasteiger partial charge in [0.1, 0.15) is 5.75 Å². The lowest BCUT2D eigenvalue weighted by Gasteiger charge is -2.38. The molecule has 1 heterocycles. The third kappa shape index (κ3) is 3.84. The standard InChI is InChI=1S/C23H24Cl2N2O2/c1-23(2,3)27-22(29)12-7-8-19-16(9-12)14-5-4-6-15(14)20(26-19)17-10-13(24)11-18(25)21(17)28/h4-5,7-11,14-15,20,26,28H,6H2,1-3H3,(H,27,29). The van der Waals surface area contributed by atoms with Crippen molar-refractivity contribution in [3.8, 4) is 5.75 Å².